The highest BCUT2D eigenvalue weighted by Crippen LogP contribution is 2.27. The van der Waals surface area contributed by atoms with E-state index in [2.05, 4.69) is 15.6 Å². The Kier molecular flexibility index (Phi) is 4.18. The van der Waals surface area contributed by atoms with Crippen molar-refractivity contribution in [3.8, 4) is 0 Å². The number of nitrogen functional groups attached to an aromatic ring is 1. The molecule has 0 aliphatic carbocycles. The fraction of sp³-hybridized carbons (Fsp3) is 0.286. The van der Waals surface area contributed by atoms with Crippen molar-refractivity contribution in [2.75, 3.05) is 24.1 Å². The van der Waals surface area contributed by atoms with Crippen molar-refractivity contribution >= 4 is 28.1 Å². The fourth-order valence-corrected chi connectivity index (χ4v) is 1.87. The van der Waals surface area contributed by atoms with Crippen LogP contribution in [0.15, 0.2) is 30.6 Å². The number of nitrogens with one attached hydrogen (secondary N) is 2. The van der Waals surface area contributed by atoms with Crippen LogP contribution in [0.25, 0.3) is 10.8 Å². The van der Waals surface area contributed by atoms with Crippen molar-refractivity contribution in [1.82, 2.24) is 10.3 Å². The van der Waals surface area contributed by atoms with Gasteiger partial charge in [0.15, 0.2) is 0 Å². The molecule has 0 aliphatic heterocycles. The maximum Gasteiger partial charge on any atom is 0.239 e. The quantitative estimate of drug-likeness (QED) is 0.714. The number of rotatable bonds is 5. The average molecular weight is 258 g/mol. The van der Waals surface area contributed by atoms with Crippen LogP contribution in [0.5, 0.6) is 0 Å². The van der Waals surface area contributed by atoms with Gasteiger partial charge in [-0.3, -0.25) is 9.78 Å². The van der Waals surface area contributed by atoms with Crippen molar-refractivity contribution in [2.24, 2.45) is 0 Å². The lowest BCUT2D eigenvalue weighted by atomic mass is 10.1. The van der Waals surface area contributed by atoms with Gasteiger partial charge in [0, 0.05) is 41.1 Å². The molecule has 4 N–H and O–H groups in total. The zero-order valence-corrected chi connectivity index (χ0v) is 10.9. The van der Waals surface area contributed by atoms with Gasteiger partial charge >= 0.3 is 0 Å². The summed E-state index contributed by atoms with van der Waals surface area (Å²) in [5, 5.41) is 7.80. The zero-order chi connectivity index (χ0) is 13.7. The number of nitrogens with two attached hydrogens (primary N) is 1. The van der Waals surface area contributed by atoms with Crippen LogP contribution in [0, 0.1) is 0 Å². The summed E-state index contributed by atoms with van der Waals surface area (Å²) in [6, 6.07) is 5.56. The molecule has 1 amide bonds. The molecule has 2 rings (SSSR count). The fourth-order valence-electron chi connectivity index (χ4n) is 1.87. The van der Waals surface area contributed by atoms with Gasteiger partial charge in [0.25, 0.3) is 0 Å². The summed E-state index contributed by atoms with van der Waals surface area (Å²) in [4.78, 5) is 15.7. The highest BCUT2D eigenvalue weighted by molar-refractivity contribution is 6.01. The van der Waals surface area contributed by atoms with Crippen molar-refractivity contribution in [1.29, 1.82) is 0 Å². The van der Waals surface area contributed by atoms with E-state index in [1.807, 2.05) is 25.1 Å². The van der Waals surface area contributed by atoms with Crippen molar-refractivity contribution in [3.63, 3.8) is 0 Å². The number of amides is 1. The second-order valence-corrected chi connectivity index (χ2v) is 4.33. The summed E-state index contributed by atoms with van der Waals surface area (Å²) in [6.07, 6.45) is 4.38. The molecule has 19 heavy (non-hydrogen) atoms. The van der Waals surface area contributed by atoms with Gasteiger partial charge in [0.05, 0.1) is 6.54 Å². The van der Waals surface area contributed by atoms with Crippen LogP contribution >= 0.6 is 0 Å². The first-order valence-corrected chi connectivity index (χ1v) is 6.35. The maximum atomic E-state index is 11.6. The number of hydrogen-bond acceptors (Lipinski definition) is 4. The molecule has 0 radical (unpaired) electrons. The molecule has 0 fully saturated rings. The molecule has 1 aromatic heterocycles. The third kappa shape index (κ3) is 3.13. The van der Waals surface area contributed by atoms with Crippen molar-refractivity contribution < 1.29 is 4.79 Å². The van der Waals surface area contributed by atoms with Crippen molar-refractivity contribution in [2.45, 2.75) is 13.3 Å². The largest absolute Gasteiger partial charge is 0.398 e. The lowest BCUT2D eigenvalue weighted by Crippen LogP contribution is -2.30. The molecule has 0 saturated carbocycles. The van der Waals surface area contributed by atoms with Crippen LogP contribution in [-0.2, 0) is 4.79 Å². The SMILES string of the molecule is CCCNC(=O)CNc1ccc(N)c2ccncc12. The molecule has 0 atom stereocenters. The smallest absolute Gasteiger partial charge is 0.239 e. The highest BCUT2D eigenvalue weighted by Gasteiger charge is 2.05. The van der Waals surface area contributed by atoms with Crippen LogP contribution in [0.4, 0.5) is 11.4 Å². The topological polar surface area (TPSA) is 80.0 Å². The summed E-state index contributed by atoms with van der Waals surface area (Å²) in [5.74, 6) is -0.0179. The van der Waals surface area contributed by atoms with E-state index in [9.17, 15) is 4.79 Å². The number of nitrogens with zero attached hydrogens (tertiary/aromatic N) is 1. The minimum absolute atomic E-state index is 0.0179. The molecule has 1 aromatic carbocycles. The van der Waals surface area contributed by atoms with Gasteiger partial charge in [-0.25, -0.2) is 0 Å². The summed E-state index contributed by atoms with van der Waals surface area (Å²) in [5.41, 5.74) is 7.48. The average Bonchev–Trinajstić information content (AvgIpc) is 2.45. The lowest BCUT2D eigenvalue weighted by Gasteiger charge is -2.11. The van der Waals surface area contributed by atoms with Gasteiger partial charge in [0.2, 0.25) is 5.91 Å². The summed E-state index contributed by atoms with van der Waals surface area (Å²) in [7, 11) is 0. The number of hydrogen-bond donors (Lipinski definition) is 3. The van der Waals surface area contributed by atoms with Crippen LogP contribution in [0.3, 0.4) is 0 Å². The molecule has 5 nitrogen and oxygen atoms in total. The molecule has 0 unspecified atom stereocenters. The lowest BCUT2D eigenvalue weighted by molar-refractivity contribution is -0.119. The summed E-state index contributed by atoms with van der Waals surface area (Å²) in [6.45, 7) is 2.96. The van der Waals surface area contributed by atoms with E-state index in [1.165, 1.54) is 0 Å². The van der Waals surface area contributed by atoms with E-state index < -0.39 is 0 Å². The minimum atomic E-state index is -0.0179. The molecule has 0 saturated heterocycles. The Morgan fingerprint density at radius 1 is 1.32 bits per heavy atom. The number of pyridine rings is 1. The van der Waals surface area contributed by atoms with Gasteiger partial charge in [-0.05, 0) is 24.6 Å². The molecule has 0 aliphatic rings. The Morgan fingerprint density at radius 3 is 2.95 bits per heavy atom. The normalized spacial score (nSPS) is 10.4. The van der Waals surface area contributed by atoms with E-state index in [4.69, 9.17) is 5.73 Å². The monoisotopic (exact) mass is 258 g/mol. The van der Waals surface area contributed by atoms with Gasteiger partial charge in [-0.1, -0.05) is 6.92 Å². The number of anilines is 2. The van der Waals surface area contributed by atoms with Gasteiger partial charge in [-0.15, -0.1) is 0 Å². The summed E-state index contributed by atoms with van der Waals surface area (Å²) >= 11 is 0. The summed E-state index contributed by atoms with van der Waals surface area (Å²) < 4.78 is 0. The first kappa shape index (κ1) is 13.1. The predicted octanol–water partition coefficient (Wildman–Crippen LogP) is 1.76. The molecule has 0 bridgehead atoms. The standard InChI is InChI=1S/C14H18N4O/c1-2-6-17-14(19)9-18-13-4-3-12(15)10-5-7-16-8-11(10)13/h3-5,7-8,18H,2,6,9,15H2,1H3,(H,17,19). The zero-order valence-electron chi connectivity index (χ0n) is 10.9. The van der Waals surface area contributed by atoms with Gasteiger partial charge in [0.1, 0.15) is 0 Å². The van der Waals surface area contributed by atoms with E-state index in [0.29, 0.717) is 12.2 Å². The second kappa shape index (κ2) is 6.04. The number of aromatic nitrogens is 1. The first-order valence-electron chi connectivity index (χ1n) is 6.35. The number of carbonyl (C=O) groups excluding carboxylic acids is 1. The molecule has 1 heterocycles. The Balaban J connectivity index is 2.13. The van der Waals surface area contributed by atoms with E-state index >= 15 is 0 Å². The Hall–Kier alpha value is -2.30. The Bertz CT molecular complexity index is 583. The van der Waals surface area contributed by atoms with E-state index in [1.54, 1.807) is 12.4 Å². The predicted molar refractivity (Wildman–Crippen MR) is 77.9 cm³/mol. The van der Waals surface area contributed by atoms with Crippen LogP contribution in [0.1, 0.15) is 13.3 Å². The van der Waals surface area contributed by atoms with E-state index in [-0.39, 0.29) is 12.5 Å². The van der Waals surface area contributed by atoms with E-state index in [0.717, 1.165) is 22.9 Å². The number of fused-ring (bicyclic) bond motifs is 1. The third-order valence-corrected chi connectivity index (χ3v) is 2.86. The Labute approximate surface area is 112 Å². The van der Waals surface area contributed by atoms with Crippen LogP contribution in [-0.4, -0.2) is 24.0 Å². The first-order chi connectivity index (χ1) is 9.22. The highest BCUT2D eigenvalue weighted by atomic mass is 16.1. The maximum absolute atomic E-state index is 11.6. The van der Waals surface area contributed by atoms with Gasteiger partial charge in [-0.2, -0.15) is 0 Å². The third-order valence-electron chi connectivity index (χ3n) is 2.86. The molecular formula is C14H18N4O. The number of benzene rings is 1. The van der Waals surface area contributed by atoms with Crippen LogP contribution in [0.2, 0.25) is 0 Å². The minimum Gasteiger partial charge on any atom is -0.398 e. The molecule has 100 valence electrons. The Morgan fingerprint density at radius 2 is 2.16 bits per heavy atom. The van der Waals surface area contributed by atoms with Gasteiger partial charge < -0.3 is 16.4 Å². The second-order valence-electron chi connectivity index (χ2n) is 4.33. The van der Waals surface area contributed by atoms with Crippen LogP contribution < -0.4 is 16.4 Å². The molecule has 0 spiro atoms. The molecule has 5 heteroatoms. The molecular weight excluding hydrogens is 240 g/mol. The number of carbonyl (C=O) groups is 1. The molecule has 2 aromatic rings. The van der Waals surface area contributed by atoms with Crippen molar-refractivity contribution in [3.05, 3.63) is 30.6 Å².